The number of aliphatic hydroxyl groups excluding tert-OH is 7. The van der Waals surface area contributed by atoms with E-state index in [1.165, 1.54) is 19.1 Å². The number of rotatable bonds is 5. The van der Waals surface area contributed by atoms with E-state index in [1.807, 2.05) is 0 Å². The Morgan fingerprint density at radius 3 is 2.00 bits per heavy atom. The molecule has 3 aliphatic rings. The lowest BCUT2D eigenvalue weighted by Crippen LogP contribution is -2.60. The fraction of sp³-hybridized carbons (Fsp3) is 0.481. The minimum absolute atomic E-state index is 0.0999. The van der Waals surface area contributed by atoms with Crippen molar-refractivity contribution in [2.75, 3.05) is 6.61 Å². The average molecular weight is 579 g/mol. The number of carbonyl (C=O) groups excluding carboxylic acids is 2. The lowest BCUT2D eigenvalue weighted by Gasteiger charge is -2.40. The summed E-state index contributed by atoms with van der Waals surface area (Å²) in [5.74, 6) is -2.59. The third-order valence-corrected chi connectivity index (χ3v) is 7.43. The summed E-state index contributed by atoms with van der Waals surface area (Å²) in [6.45, 7) is 2.29. The zero-order valence-electron chi connectivity index (χ0n) is 21.8. The highest BCUT2D eigenvalue weighted by Crippen LogP contribution is 2.41. The topological polar surface area (TPSA) is 233 Å². The molecule has 2 saturated heterocycles. The third kappa shape index (κ3) is 4.97. The number of benzene rings is 2. The lowest BCUT2D eigenvalue weighted by molar-refractivity contribution is -0.277. The molecule has 14 nitrogen and oxygen atoms in total. The summed E-state index contributed by atoms with van der Waals surface area (Å²) in [7, 11) is 0. The van der Waals surface area contributed by atoms with E-state index in [-0.39, 0.29) is 28.0 Å². The van der Waals surface area contributed by atoms with Crippen molar-refractivity contribution in [2.24, 2.45) is 0 Å². The van der Waals surface area contributed by atoms with Crippen molar-refractivity contribution in [2.45, 2.75) is 75.3 Å². The molecule has 0 aromatic heterocycles. The Kier molecular flexibility index (Phi) is 7.80. The van der Waals surface area contributed by atoms with Gasteiger partial charge in [0.05, 0.1) is 23.8 Å². The normalized spacial score (nSPS) is 35.0. The van der Waals surface area contributed by atoms with E-state index < -0.39 is 91.1 Å². The molecule has 0 unspecified atom stereocenters. The van der Waals surface area contributed by atoms with Crippen molar-refractivity contribution in [1.82, 2.24) is 0 Å². The largest absolute Gasteiger partial charge is 0.507 e. The van der Waals surface area contributed by atoms with Crippen LogP contribution in [0.1, 0.15) is 44.3 Å². The van der Waals surface area contributed by atoms with Crippen molar-refractivity contribution < 1.29 is 69.4 Å². The van der Waals surface area contributed by atoms with Crippen LogP contribution in [0.5, 0.6) is 17.2 Å². The molecule has 2 aromatic rings. The van der Waals surface area contributed by atoms with Crippen molar-refractivity contribution in [3.63, 3.8) is 0 Å². The number of phenols is 1. The monoisotopic (exact) mass is 578 g/mol. The maximum absolute atomic E-state index is 13.7. The Labute approximate surface area is 232 Å². The van der Waals surface area contributed by atoms with E-state index >= 15 is 0 Å². The Bertz CT molecular complexity index is 1360. The van der Waals surface area contributed by atoms with Gasteiger partial charge >= 0.3 is 0 Å². The summed E-state index contributed by atoms with van der Waals surface area (Å²) in [6.07, 6.45) is -15.7. The molecule has 0 amide bonds. The van der Waals surface area contributed by atoms with E-state index in [2.05, 4.69) is 0 Å². The minimum atomic E-state index is -1.87. The van der Waals surface area contributed by atoms with E-state index in [0.29, 0.717) is 5.56 Å². The second-order valence-corrected chi connectivity index (χ2v) is 10.3. The summed E-state index contributed by atoms with van der Waals surface area (Å²) in [5, 5.41) is 81.5. The molecule has 0 radical (unpaired) electrons. The average Bonchev–Trinajstić information content (AvgIpc) is 2.93. The van der Waals surface area contributed by atoms with Crippen molar-refractivity contribution >= 4 is 11.6 Å². The molecule has 2 fully saturated rings. The first-order valence-corrected chi connectivity index (χ1v) is 12.8. The fourth-order valence-electron chi connectivity index (χ4n) is 5.15. The molecule has 2 aliphatic heterocycles. The van der Waals surface area contributed by atoms with Gasteiger partial charge < -0.3 is 59.8 Å². The van der Waals surface area contributed by atoms with Gasteiger partial charge in [-0.15, -0.1) is 0 Å². The molecule has 222 valence electrons. The third-order valence-electron chi connectivity index (χ3n) is 7.43. The number of ether oxygens (including phenoxy) is 4. The standard InChI is InChI=1S/C27H30O14/c1-8-3-11-16(13(29)4-8)21(33)17-12(19(11)31)5-10(39-26-24(36)22(34)18(30)9(2)38-26)6-14(17)40-27-25(37)23(35)20(32)15(7-28)41-27/h3-6,9,15,18,20,22-30,32,34-37H,7H2,1-2H3/t9-,15+,18-,20+,22+,23-,24+,25+,26-,27+/m0/s1. The molecule has 2 aromatic carbocycles. The van der Waals surface area contributed by atoms with Gasteiger partial charge in [0.1, 0.15) is 60.0 Å². The maximum Gasteiger partial charge on any atom is 0.229 e. The molecule has 8 N–H and O–H groups in total. The van der Waals surface area contributed by atoms with Gasteiger partial charge in [0, 0.05) is 17.2 Å². The van der Waals surface area contributed by atoms with Gasteiger partial charge in [0.15, 0.2) is 5.78 Å². The smallest absolute Gasteiger partial charge is 0.229 e. The number of hydrogen-bond acceptors (Lipinski definition) is 14. The van der Waals surface area contributed by atoms with E-state index in [4.69, 9.17) is 18.9 Å². The van der Waals surface area contributed by atoms with Gasteiger partial charge in [-0.2, -0.15) is 0 Å². The molecule has 14 heteroatoms. The van der Waals surface area contributed by atoms with E-state index in [1.54, 1.807) is 6.92 Å². The summed E-state index contributed by atoms with van der Waals surface area (Å²) in [4.78, 5) is 27.3. The molecule has 41 heavy (non-hydrogen) atoms. The van der Waals surface area contributed by atoms with Crippen LogP contribution in [0, 0.1) is 6.92 Å². The van der Waals surface area contributed by atoms with E-state index in [9.17, 15) is 50.4 Å². The lowest BCUT2D eigenvalue weighted by atomic mass is 9.82. The summed E-state index contributed by atoms with van der Waals surface area (Å²) < 4.78 is 22.3. The van der Waals surface area contributed by atoms with Crippen LogP contribution in [0.3, 0.4) is 0 Å². The highest BCUT2D eigenvalue weighted by atomic mass is 16.7. The Morgan fingerprint density at radius 2 is 1.34 bits per heavy atom. The quantitative estimate of drug-likeness (QED) is 0.161. The molecule has 0 spiro atoms. The SMILES string of the molecule is Cc1cc(O)c2c(c1)C(=O)c1cc(O[C@@H]3O[C@@H](C)[C@H](O)[C@@H](O)[C@H]3O)cc(O[C@@H]3O[C@H](CO)[C@@H](O)[C@H](O)[C@H]3O)c1C2=O. The number of phenolic OH excluding ortho intramolecular Hbond substituents is 1. The van der Waals surface area contributed by atoms with Gasteiger partial charge in [-0.3, -0.25) is 9.59 Å². The molecular formula is C27H30O14. The van der Waals surface area contributed by atoms with Crippen LogP contribution in [0.15, 0.2) is 24.3 Å². The predicted molar refractivity (Wildman–Crippen MR) is 134 cm³/mol. The Morgan fingerprint density at radius 1 is 0.732 bits per heavy atom. The Hall–Kier alpha value is -3.18. The number of ketones is 2. The van der Waals surface area contributed by atoms with Gasteiger partial charge in [0.25, 0.3) is 0 Å². The van der Waals surface area contributed by atoms with Crippen LogP contribution in [0.4, 0.5) is 0 Å². The molecule has 1 aliphatic carbocycles. The highest BCUT2D eigenvalue weighted by Gasteiger charge is 2.47. The number of hydrogen-bond donors (Lipinski definition) is 8. The van der Waals surface area contributed by atoms with Crippen LogP contribution in [-0.4, -0.2) is 120 Å². The molecule has 0 saturated carbocycles. The predicted octanol–water partition coefficient (Wildman–Crippen LogP) is -2.14. The molecular weight excluding hydrogens is 548 g/mol. The Balaban J connectivity index is 1.59. The van der Waals surface area contributed by atoms with Crippen molar-refractivity contribution in [3.05, 3.63) is 52.1 Å². The molecule has 2 heterocycles. The van der Waals surface area contributed by atoms with Gasteiger partial charge in [-0.05, 0) is 37.6 Å². The van der Waals surface area contributed by atoms with Crippen LogP contribution >= 0.6 is 0 Å². The zero-order valence-corrected chi connectivity index (χ0v) is 21.8. The van der Waals surface area contributed by atoms with Gasteiger partial charge in [-0.25, -0.2) is 0 Å². The summed E-state index contributed by atoms with van der Waals surface area (Å²) in [6, 6.07) is 4.97. The maximum atomic E-state index is 13.7. The second-order valence-electron chi connectivity index (χ2n) is 10.3. The van der Waals surface area contributed by atoms with Crippen LogP contribution in [0.2, 0.25) is 0 Å². The number of aromatic hydroxyl groups is 1. The van der Waals surface area contributed by atoms with Crippen LogP contribution < -0.4 is 9.47 Å². The van der Waals surface area contributed by atoms with Crippen LogP contribution in [-0.2, 0) is 9.47 Å². The first kappa shape index (κ1) is 29.3. The second kappa shape index (κ2) is 10.9. The minimum Gasteiger partial charge on any atom is -0.507 e. The number of carbonyl (C=O) groups is 2. The summed E-state index contributed by atoms with van der Waals surface area (Å²) in [5.41, 5.74) is -0.492. The van der Waals surface area contributed by atoms with Crippen LogP contribution in [0.25, 0.3) is 0 Å². The first-order valence-electron chi connectivity index (χ1n) is 12.8. The number of aryl methyl sites for hydroxylation is 1. The number of aliphatic hydroxyl groups is 7. The molecule has 0 bridgehead atoms. The van der Waals surface area contributed by atoms with Crippen molar-refractivity contribution in [1.29, 1.82) is 0 Å². The van der Waals surface area contributed by atoms with Crippen molar-refractivity contribution in [3.8, 4) is 17.2 Å². The summed E-state index contributed by atoms with van der Waals surface area (Å²) >= 11 is 0. The van der Waals surface area contributed by atoms with Gasteiger partial charge in [0.2, 0.25) is 18.4 Å². The first-order chi connectivity index (χ1) is 19.3. The number of fused-ring (bicyclic) bond motifs is 2. The van der Waals surface area contributed by atoms with Gasteiger partial charge in [-0.1, -0.05) is 0 Å². The highest BCUT2D eigenvalue weighted by molar-refractivity contribution is 6.30. The van der Waals surface area contributed by atoms with E-state index in [0.717, 1.165) is 12.1 Å². The zero-order chi connectivity index (χ0) is 29.9. The molecule has 10 atom stereocenters. The molecule has 5 rings (SSSR count). The fourth-order valence-corrected chi connectivity index (χ4v) is 5.15.